The molecule has 0 bridgehead atoms. The van der Waals surface area contributed by atoms with Crippen molar-refractivity contribution in [3.8, 4) is 11.1 Å². The highest BCUT2D eigenvalue weighted by Crippen LogP contribution is 2.29. The zero-order valence-corrected chi connectivity index (χ0v) is 14.6. The molecule has 3 heteroatoms. The highest BCUT2D eigenvalue weighted by atomic mass is 16.1. The summed E-state index contributed by atoms with van der Waals surface area (Å²) in [6.45, 7) is 0. The molecule has 0 saturated carbocycles. The fourth-order valence-corrected chi connectivity index (χ4v) is 3.20. The van der Waals surface area contributed by atoms with E-state index in [9.17, 15) is 9.59 Å². The summed E-state index contributed by atoms with van der Waals surface area (Å²) >= 11 is 0. The third kappa shape index (κ3) is 3.35. The average Bonchev–Trinajstić information content (AvgIpc) is 2.72. The molecule has 0 amide bonds. The number of aromatic amines is 1. The maximum atomic E-state index is 13.0. The van der Waals surface area contributed by atoms with Crippen LogP contribution in [0, 0.1) is 0 Å². The van der Waals surface area contributed by atoms with Crippen molar-refractivity contribution in [3.63, 3.8) is 0 Å². The van der Waals surface area contributed by atoms with Crippen LogP contribution in [0.1, 0.15) is 15.9 Å². The van der Waals surface area contributed by atoms with Crippen molar-refractivity contribution in [2.45, 2.75) is 0 Å². The first-order valence-electron chi connectivity index (χ1n) is 8.72. The third-order valence-electron chi connectivity index (χ3n) is 4.46. The number of pyridine rings is 1. The van der Waals surface area contributed by atoms with Gasteiger partial charge in [0.2, 0.25) is 0 Å². The fraction of sp³-hybridized carbons (Fsp3) is 0. The Morgan fingerprint density at radius 1 is 0.778 bits per heavy atom. The Morgan fingerprint density at radius 2 is 1.41 bits per heavy atom. The summed E-state index contributed by atoms with van der Waals surface area (Å²) in [4.78, 5) is 28.6. The van der Waals surface area contributed by atoms with Crippen LogP contribution >= 0.6 is 0 Å². The number of hydrogen-bond acceptors (Lipinski definition) is 2. The van der Waals surface area contributed by atoms with Crippen molar-refractivity contribution in [1.29, 1.82) is 0 Å². The van der Waals surface area contributed by atoms with Crippen LogP contribution < -0.4 is 5.56 Å². The van der Waals surface area contributed by atoms with E-state index in [2.05, 4.69) is 4.98 Å². The van der Waals surface area contributed by atoms with E-state index in [0.717, 1.165) is 16.5 Å². The van der Waals surface area contributed by atoms with Crippen molar-refractivity contribution >= 4 is 22.8 Å². The van der Waals surface area contributed by atoms with E-state index < -0.39 is 0 Å². The first-order valence-corrected chi connectivity index (χ1v) is 8.72. The fourth-order valence-electron chi connectivity index (χ4n) is 3.20. The van der Waals surface area contributed by atoms with Crippen LogP contribution in [-0.2, 0) is 0 Å². The summed E-state index contributed by atoms with van der Waals surface area (Å²) in [6.07, 6.45) is 3.19. The number of nitrogens with one attached hydrogen (secondary N) is 1. The van der Waals surface area contributed by atoms with Crippen LogP contribution in [0.5, 0.6) is 0 Å². The highest BCUT2D eigenvalue weighted by molar-refractivity contribution is 6.15. The molecule has 0 aliphatic carbocycles. The Morgan fingerprint density at radius 3 is 2.15 bits per heavy atom. The molecule has 0 atom stereocenters. The minimum absolute atomic E-state index is 0.159. The number of para-hydroxylation sites is 1. The van der Waals surface area contributed by atoms with Gasteiger partial charge < -0.3 is 4.98 Å². The monoisotopic (exact) mass is 351 g/mol. The summed E-state index contributed by atoms with van der Waals surface area (Å²) in [5.41, 5.74) is 2.91. The lowest BCUT2D eigenvalue weighted by Crippen LogP contribution is -2.18. The number of aromatic nitrogens is 1. The van der Waals surface area contributed by atoms with Gasteiger partial charge in [-0.25, -0.2) is 0 Å². The van der Waals surface area contributed by atoms with E-state index in [1.54, 1.807) is 6.08 Å². The van der Waals surface area contributed by atoms with Gasteiger partial charge in [0, 0.05) is 16.5 Å². The van der Waals surface area contributed by atoms with Crippen LogP contribution in [0.15, 0.2) is 95.8 Å². The van der Waals surface area contributed by atoms with E-state index in [-0.39, 0.29) is 16.9 Å². The minimum atomic E-state index is -0.379. The summed E-state index contributed by atoms with van der Waals surface area (Å²) in [5.74, 6) is -0.315. The summed E-state index contributed by atoms with van der Waals surface area (Å²) in [5, 5.41) is 0.847. The second kappa shape index (κ2) is 7.26. The molecule has 3 aromatic carbocycles. The van der Waals surface area contributed by atoms with Gasteiger partial charge in [0.25, 0.3) is 5.56 Å². The number of fused-ring (bicyclic) bond motifs is 1. The Kier molecular flexibility index (Phi) is 4.50. The molecule has 1 N–H and O–H groups in total. The van der Waals surface area contributed by atoms with Crippen molar-refractivity contribution in [2.75, 3.05) is 0 Å². The van der Waals surface area contributed by atoms with Gasteiger partial charge in [-0.2, -0.15) is 0 Å². The van der Waals surface area contributed by atoms with E-state index >= 15 is 0 Å². The van der Waals surface area contributed by atoms with Crippen molar-refractivity contribution in [3.05, 3.63) is 112 Å². The largest absolute Gasteiger partial charge is 0.321 e. The molecule has 0 spiro atoms. The molecule has 1 heterocycles. The number of hydrogen-bond donors (Lipinski definition) is 1. The number of carbonyl (C=O) groups excluding carboxylic acids is 1. The zero-order valence-electron chi connectivity index (χ0n) is 14.6. The van der Waals surface area contributed by atoms with Crippen molar-refractivity contribution in [1.82, 2.24) is 4.98 Å². The van der Waals surface area contributed by atoms with Gasteiger partial charge in [0.1, 0.15) is 0 Å². The summed E-state index contributed by atoms with van der Waals surface area (Å²) in [6, 6.07) is 26.6. The normalized spacial score (nSPS) is 11.1. The summed E-state index contributed by atoms with van der Waals surface area (Å²) < 4.78 is 0. The van der Waals surface area contributed by atoms with Gasteiger partial charge in [-0.05, 0) is 23.3 Å². The first-order chi connectivity index (χ1) is 13.2. The van der Waals surface area contributed by atoms with Gasteiger partial charge >= 0.3 is 0 Å². The lowest BCUT2D eigenvalue weighted by molar-refractivity contribution is 0.104. The molecule has 0 aliphatic heterocycles. The van der Waals surface area contributed by atoms with Crippen LogP contribution in [0.3, 0.4) is 0 Å². The molecular weight excluding hydrogens is 334 g/mol. The Balaban J connectivity index is 1.92. The van der Waals surface area contributed by atoms with Crippen molar-refractivity contribution in [2.24, 2.45) is 0 Å². The van der Waals surface area contributed by atoms with E-state index in [1.165, 1.54) is 6.08 Å². The molecule has 0 saturated heterocycles. The van der Waals surface area contributed by atoms with Gasteiger partial charge in [0.15, 0.2) is 5.78 Å². The average molecular weight is 351 g/mol. The lowest BCUT2D eigenvalue weighted by atomic mass is 9.94. The van der Waals surface area contributed by atoms with Gasteiger partial charge in [-0.1, -0.05) is 84.9 Å². The van der Waals surface area contributed by atoms with Crippen LogP contribution in [-0.4, -0.2) is 10.8 Å². The molecule has 27 heavy (non-hydrogen) atoms. The molecule has 4 aromatic rings. The molecule has 0 unspecified atom stereocenters. The maximum absolute atomic E-state index is 13.0. The van der Waals surface area contributed by atoms with Crippen LogP contribution in [0.2, 0.25) is 0 Å². The van der Waals surface area contributed by atoms with E-state index in [1.807, 2.05) is 84.9 Å². The smallest absolute Gasteiger partial charge is 0.260 e. The standard InChI is InChI=1S/C24H17NO2/c26-21(16-15-17-9-3-1-4-10-17)23-22(18-11-5-2-6-12-18)19-13-7-8-14-20(19)25-24(23)27/h1-16H,(H,25,27). The Bertz CT molecular complexity index is 1190. The molecule has 130 valence electrons. The second-order valence-corrected chi connectivity index (χ2v) is 6.22. The number of ketones is 1. The first kappa shape index (κ1) is 16.7. The lowest BCUT2D eigenvalue weighted by Gasteiger charge is -2.11. The number of carbonyl (C=O) groups is 1. The third-order valence-corrected chi connectivity index (χ3v) is 4.46. The molecule has 0 fully saturated rings. The number of rotatable bonds is 4. The Hall–Kier alpha value is -3.72. The topological polar surface area (TPSA) is 49.9 Å². The highest BCUT2D eigenvalue weighted by Gasteiger charge is 2.18. The Labute approximate surface area is 156 Å². The van der Waals surface area contributed by atoms with Gasteiger partial charge in [-0.3, -0.25) is 9.59 Å². The maximum Gasteiger partial charge on any atom is 0.260 e. The van der Waals surface area contributed by atoms with E-state index in [4.69, 9.17) is 0 Å². The number of allylic oxidation sites excluding steroid dienone is 1. The SMILES string of the molecule is O=C(C=Cc1ccccc1)c1c(-c2ccccc2)c2ccccc2[nH]c1=O. The van der Waals surface area contributed by atoms with Crippen molar-refractivity contribution < 1.29 is 4.79 Å². The number of benzene rings is 3. The van der Waals surface area contributed by atoms with Crippen LogP contribution in [0.4, 0.5) is 0 Å². The number of H-pyrrole nitrogens is 1. The predicted molar refractivity (Wildman–Crippen MR) is 110 cm³/mol. The van der Waals surface area contributed by atoms with Crippen LogP contribution in [0.25, 0.3) is 28.1 Å². The quantitative estimate of drug-likeness (QED) is 0.411. The molecule has 0 aliphatic rings. The molecule has 3 nitrogen and oxygen atoms in total. The summed E-state index contributed by atoms with van der Waals surface area (Å²) in [7, 11) is 0. The van der Waals surface area contributed by atoms with E-state index in [0.29, 0.717) is 11.1 Å². The second-order valence-electron chi connectivity index (χ2n) is 6.22. The molecule has 4 rings (SSSR count). The molecule has 0 radical (unpaired) electrons. The predicted octanol–water partition coefficient (Wildman–Crippen LogP) is 5.09. The minimum Gasteiger partial charge on any atom is -0.321 e. The van der Waals surface area contributed by atoms with Gasteiger partial charge in [0.05, 0.1) is 5.56 Å². The molecular formula is C24H17NO2. The molecule has 1 aromatic heterocycles. The zero-order chi connectivity index (χ0) is 18.6. The van der Waals surface area contributed by atoms with Gasteiger partial charge in [-0.15, -0.1) is 0 Å².